The summed E-state index contributed by atoms with van der Waals surface area (Å²) in [5.74, 6) is -0.595. The van der Waals surface area contributed by atoms with Gasteiger partial charge in [0.15, 0.2) is 6.10 Å². The van der Waals surface area contributed by atoms with Gasteiger partial charge < -0.3 is 5.11 Å². The summed E-state index contributed by atoms with van der Waals surface area (Å²) in [6.45, 7) is 0. The number of hydrogen-bond acceptors (Lipinski definition) is 4. The number of rotatable bonds is 5. The number of aliphatic hydroxyl groups is 1. The molecule has 120 valence electrons. The van der Waals surface area contributed by atoms with Crippen molar-refractivity contribution in [2.24, 2.45) is 5.10 Å². The van der Waals surface area contributed by atoms with Gasteiger partial charge in [0.05, 0.1) is 18.1 Å². The second-order valence-corrected chi connectivity index (χ2v) is 5.11. The Morgan fingerprint density at radius 2 is 1.79 bits per heavy atom. The van der Waals surface area contributed by atoms with Crippen molar-refractivity contribution >= 4 is 12.1 Å². The molecule has 0 aliphatic rings. The summed E-state index contributed by atoms with van der Waals surface area (Å²) >= 11 is 0. The lowest BCUT2D eigenvalue weighted by Crippen LogP contribution is -2.25. The summed E-state index contributed by atoms with van der Waals surface area (Å²) < 4.78 is 0. The van der Waals surface area contributed by atoms with Crippen LogP contribution < -0.4 is 5.43 Å². The zero-order valence-electron chi connectivity index (χ0n) is 12.8. The maximum atomic E-state index is 11.9. The molecule has 0 radical (unpaired) electrons. The third kappa shape index (κ3) is 3.56. The Labute approximate surface area is 138 Å². The molecule has 1 amide bonds. The number of amides is 1. The Morgan fingerprint density at radius 3 is 2.50 bits per heavy atom. The average molecular weight is 320 g/mol. The number of H-pyrrole nitrogens is 1. The molecule has 1 heterocycles. The highest BCUT2D eigenvalue weighted by Crippen LogP contribution is 2.19. The molecule has 0 spiro atoms. The third-order valence-corrected chi connectivity index (χ3v) is 3.47. The number of aromatic amines is 1. The van der Waals surface area contributed by atoms with Crippen LogP contribution in [-0.4, -0.2) is 27.4 Å². The van der Waals surface area contributed by atoms with Crippen molar-refractivity contribution in [2.75, 3.05) is 0 Å². The molecule has 6 nitrogen and oxygen atoms in total. The van der Waals surface area contributed by atoms with E-state index in [9.17, 15) is 9.90 Å². The first-order chi connectivity index (χ1) is 11.8. The number of hydrogen-bond donors (Lipinski definition) is 3. The van der Waals surface area contributed by atoms with E-state index in [0.29, 0.717) is 5.56 Å². The average Bonchev–Trinajstić information content (AvgIpc) is 3.11. The second-order valence-electron chi connectivity index (χ2n) is 5.11. The molecular weight excluding hydrogens is 304 g/mol. The zero-order chi connectivity index (χ0) is 16.8. The van der Waals surface area contributed by atoms with Gasteiger partial charge in [0.2, 0.25) is 0 Å². The Hall–Kier alpha value is -3.25. The fraction of sp³-hybridized carbons (Fsp3) is 0.0556. The van der Waals surface area contributed by atoms with Crippen molar-refractivity contribution in [2.45, 2.75) is 6.10 Å². The van der Waals surface area contributed by atoms with Gasteiger partial charge in [-0.1, -0.05) is 60.7 Å². The topological polar surface area (TPSA) is 90.4 Å². The summed E-state index contributed by atoms with van der Waals surface area (Å²) in [5, 5.41) is 20.8. The van der Waals surface area contributed by atoms with Crippen molar-refractivity contribution < 1.29 is 9.90 Å². The summed E-state index contributed by atoms with van der Waals surface area (Å²) in [4.78, 5) is 11.9. The lowest BCUT2D eigenvalue weighted by atomic mass is 10.1. The van der Waals surface area contributed by atoms with Gasteiger partial charge in [0.1, 0.15) is 0 Å². The summed E-state index contributed by atoms with van der Waals surface area (Å²) in [7, 11) is 0. The standard InChI is InChI=1S/C18H16N4O2/c23-17(14-9-5-2-6-10-14)18(24)22-20-12-15-11-19-21-16(15)13-7-3-1-4-8-13/h1-12,17,23H,(H,19,21)(H,22,24). The van der Waals surface area contributed by atoms with Gasteiger partial charge in [-0.25, -0.2) is 5.43 Å². The molecule has 0 aliphatic carbocycles. The fourth-order valence-corrected chi connectivity index (χ4v) is 2.24. The van der Waals surface area contributed by atoms with Gasteiger partial charge in [-0.05, 0) is 5.56 Å². The van der Waals surface area contributed by atoms with Crippen LogP contribution in [0.1, 0.15) is 17.2 Å². The monoisotopic (exact) mass is 320 g/mol. The van der Waals surface area contributed by atoms with Gasteiger partial charge in [-0.15, -0.1) is 0 Å². The van der Waals surface area contributed by atoms with Crippen molar-refractivity contribution in [3.63, 3.8) is 0 Å². The third-order valence-electron chi connectivity index (χ3n) is 3.47. The number of nitrogens with one attached hydrogen (secondary N) is 2. The molecule has 0 saturated carbocycles. The summed E-state index contributed by atoms with van der Waals surface area (Å²) in [5.41, 5.74) is 5.35. The van der Waals surface area contributed by atoms with Crippen LogP contribution in [0.2, 0.25) is 0 Å². The normalized spacial score (nSPS) is 12.2. The highest BCUT2D eigenvalue weighted by Gasteiger charge is 2.16. The number of nitrogens with zero attached hydrogens (tertiary/aromatic N) is 2. The lowest BCUT2D eigenvalue weighted by molar-refractivity contribution is -0.129. The van der Waals surface area contributed by atoms with E-state index in [-0.39, 0.29) is 0 Å². The summed E-state index contributed by atoms with van der Waals surface area (Å²) in [6, 6.07) is 18.4. The Balaban J connectivity index is 1.67. The van der Waals surface area contributed by atoms with E-state index >= 15 is 0 Å². The van der Waals surface area contributed by atoms with Gasteiger partial charge >= 0.3 is 0 Å². The smallest absolute Gasteiger partial charge is 0.273 e. The van der Waals surface area contributed by atoms with Crippen molar-refractivity contribution in [1.82, 2.24) is 15.6 Å². The molecule has 1 aromatic heterocycles. The summed E-state index contributed by atoms with van der Waals surface area (Å²) in [6.07, 6.45) is 1.84. The molecule has 0 fully saturated rings. The Morgan fingerprint density at radius 1 is 1.12 bits per heavy atom. The molecule has 1 atom stereocenters. The van der Waals surface area contributed by atoms with Gasteiger partial charge in [-0.2, -0.15) is 10.2 Å². The second kappa shape index (κ2) is 7.34. The number of carbonyl (C=O) groups is 1. The van der Waals surface area contributed by atoms with Crippen LogP contribution in [0, 0.1) is 0 Å². The van der Waals surface area contributed by atoms with Crippen molar-refractivity contribution in [3.8, 4) is 11.3 Å². The highest BCUT2D eigenvalue weighted by molar-refractivity contribution is 5.90. The number of aliphatic hydroxyl groups excluding tert-OH is 1. The predicted octanol–water partition coefficient (Wildman–Crippen LogP) is 2.26. The molecule has 0 aliphatic heterocycles. The van der Waals surface area contributed by atoms with Crippen LogP contribution in [-0.2, 0) is 4.79 Å². The van der Waals surface area contributed by atoms with E-state index in [2.05, 4.69) is 20.7 Å². The van der Waals surface area contributed by atoms with E-state index in [1.54, 1.807) is 30.5 Å². The highest BCUT2D eigenvalue weighted by atomic mass is 16.3. The molecule has 2 aromatic carbocycles. The maximum Gasteiger partial charge on any atom is 0.273 e. The molecule has 1 unspecified atom stereocenters. The van der Waals surface area contributed by atoms with Crippen LogP contribution in [0.5, 0.6) is 0 Å². The molecule has 3 rings (SSSR count). The Bertz CT molecular complexity index is 828. The van der Waals surface area contributed by atoms with Gasteiger partial charge in [0, 0.05) is 11.1 Å². The van der Waals surface area contributed by atoms with Gasteiger partial charge in [-0.3, -0.25) is 9.89 Å². The van der Waals surface area contributed by atoms with E-state index in [0.717, 1.165) is 16.8 Å². The fourth-order valence-electron chi connectivity index (χ4n) is 2.24. The lowest BCUT2D eigenvalue weighted by Gasteiger charge is -2.08. The molecule has 0 saturated heterocycles. The van der Waals surface area contributed by atoms with E-state index < -0.39 is 12.0 Å². The van der Waals surface area contributed by atoms with Crippen LogP contribution in [0.25, 0.3) is 11.3 Å². The molecule has 24 heavy (non-hydrogen) atoms. The minimum Gasteiger partial charge on any atom is -0.378 e. The predicted molar refractivity (Wildman–Crippen MR) is 91.2 cm³/mol. The molecular formula is C18H16N4O2. The van der Waals surface area contributed by atoms with Crippen LogP contribution in [0.15, 0.2) is 72.0 Å². The molecule has 3 N–H and O–H groups in total. The van der Waals surface area contributed by atoms with Crippen LogP contribution >= 0.6 is 0 Å². The maximum absolute atomic E-state index is 11.9. The van der Waals surface area contributed by atoms with E-state index in [1.165, 1.54) is 6.21 Å². The quantitative estimate of drug-likeness (QED) is 0.497. The minimum atomic E-state index is -1.26. The SMILES string of the molecule is O=C(NN=Cc1cn[nH]c1-c1ccccc1)C(O)c1ccccc1. The number of carbonyl (C=O) groups excluding carboxylic acids is 1. The number of hydrazone groups is 1. The van der Waals surface area contributed by atoms with Crippen LogP contribution in [0.4, 0.5) is 0 Å². The number of benzene rings is 2. The van der Waals surface area contributed by atoms with E-state index in [1.807, 2.05) is 36.4 Å². The first-order valence-corrected chi connectivity index (χ1v) is 7.40. The zero-order valence-corrected chi connectivity index (χ0v) is 12.8. The first-order valence-electron chi connectivity index (χ1n) is 7.40. The van der Waals surface area contributed by atoms with E-state index in [4.69, 9.17) is 0 Å². The first kappa shape index (κ1) is 15.6. The largest absolute Gasteiger partial charge is 0.378 e. The minimum absolute atomic E-state index is 0.512. The van der Waals surface area contributed by atoms with Crippen molar-refractivity contribution in [1.29, 1.82) is 0 Å². The molecule has 0 bridgehead atoms. The molecule has 3 aromatic rings. The van der Waals surface area contributed by atoms with Gasteiger partial charge in [0.25, 0.3) is 5.91 Å². The van der Waals surface area contributed by atoms with Crippen molar-refractivity contribution in [3.05, 3.63) is 78.0 Å². The molecule has 6 heteroatoms. The number of aromatic nitrogens is 2. The van der Waals surface area contributed by atoms with Crippen LogP contribution in [0.3, 0.4) is 0 Å². The Kier molecular flexibility index (Phi) is 4.78.